The Labute approximate surface area is 167 Å². The highest BCUT2D eigenvalue weighted by Gasteiger charge is 2.22. The number of carbonyl (C=O) groups excluding carboxylic acids is 1. The molecule has 0 aliphatic rings. The van der Waals surface area contributed by atoms with Crippen molar-refractivity contribution in [2.24, 2.45) is 0 Å². The molecule has 0 bridgehead atoms. The zero-order valence-corrected chi connectivity index (χ0v) is 17.2. The summed E-state index contributed by atoms with van der Waals surface area (Å²) in [5, 5.41) is 3.22. The third kappa shape index (κ3) is 4.22. The van der Waals surface area contributed by atoms with Crippen LogP contribution in [0.1, 0.15) is 5.56 Å². The standard InChI is InChI=1S/C19H19N3O4S2/c1-22(2)28(24,25)17-12-13(8-10-15(17)26-3)9-11-18(23)21-19-20-14-6-4-5-7-16(14)27-19/h4-12H,1-3H3,(H,20,21,23)/b11-9+. The number of sulfonamides is 1. The minimum absolute atomic E-state index is 0.0359. The van der Waals surface area contributed by atoms with Crippen molar-refractivity contribution in [1.29, 1.82) is 0 Å². The molecule has 9 heteroatoms. The zero-order chi connectivity index (χ0) is 20.3. The Balaban J connectivity index is 1.80. The van der Waals surface area contributed by atoms with Gasteiger partial charge in [0.2, 0.25) is 15.9 Å². The molecule has 0 atom stereocenters. The number of para-hydroxylation sites is 1. The number of ether oxygens (including phenoxy) is 1. The maximum Gasteiger partial charge on any atom is 0.250 e. The molecule has 146 valence electrons. The van der Waals surface area contributed by atoms with Crippen LogP contribution in [0.15, 0.2) is 53.4 Å². The molecule has 1 aromatic heterocycles. The lowest BCUT2D eigenvalue weighted by Crippen LogP contribution is -2.22. The van der Waals surface area contributed by atoms with Gasteiger partial charge in [-0.2, -0.15) is 0 Å². The number of amides is 1. The van der Waals surface area contributed by atoms with E-state index in [9.17, 15) is 13.2 Å². The van der Waals surface area contributed by atoms with Gasteiger partial charge in [0.1, 0.15) is 10.6 Å². The molecule has 0 fully saturated rings. The summed E-state index contributed by atoms with van der Waals surface area (Å²) in [4.78, 5) is 16.6. The van der Waals surface area contributed by atoms with Gasteiger partial charge in [-0.3, -0.25) is 10.1 Å². The molecule has 1 heterocycles. The quantitative estimate of drug-likeness (QED) is 0.622. The van der Waals surface area contributed by atoms with Crippen molar-refractivity contribution in [3.05, 3.63) is 54.1 Å². The Morgan fingerprint density at radius 2 is 1.96 bits per heavy atom. The molecule has 0 aliphatic heterocycles. The van der Waals surface area contributed by atoms with E-state index in [-0.39, 0.29) is 16.6 Å². The summed E-state index contributed by atoms with van der Waals surface area (Å²) in [5.74, 6) is -0.114. The Hall–Kier alpha value is -2.75. The van der Waals surface area contributed by atoms with Crippen LogP contribution in [0.25, 0.3) is 16.3 Å². The number of rotatable bonds is 6. The van der Waals surface area contributed by atoms with Gasteiger partial charge in [-0.05, 0) is 35.9 Å². The number of fused-ring (bicyclic) bond motifs is 1. The Bertz CT molecular complexity index is 1120. The van der Waals surface area contributed by atoms with Crippen LogP contribution in [0, 0.1) is 0 Å². The average Bonchev–Trinajstić information content (AvgIpc) is 3.08. The fourth-order valence-corrected chi connectivity index (χ4v) is 4.39. The van der Waals surface area contributed by atoms with Crippen LogP contribution in [0.5, 0.6) is 5.75 Å². The second kappa shape index (κ2) is 8.09. The minimum atomic E-state index is -3.68. The summed E-state index contributed by atoms with van der Waals surface area (Å²) < 4.78 is 32.2. The topological polar surface area (TPSA) is 88.6 Å². The highest BCUT2D eigenvalue weighted by Crippen LogP contribution is 2.28. The van der Waals surface area contributed by atoms with Crippen LogP contribution < -0.4 is 10.1 Å². The van der Waals surface area contributed by atoms with E-state index in [1.165, 1.54) is 50.8 Å². The molecule has 1 N–H and O–H groups in total. The van der Waals surface area contributed by atoms with Crippen molar-refractivity contribution in [2.75, 3.05) is 26.5 Å². The van der Waals surface area contributed by atoms with Crippen LogP contribution >= 0.6 is 11.3 Å². The molecule has 0 spiro atoms. The van der Waals surface area contributed by atoms with Gasteiger partial charge >= 0.3 is 0 Å². The van der Waals surface area contributed by atoms with Crippen molar-refractivity contribution in [3.63, 3.8) is 0 Å². The van der Waals surface area contributed by atoms with Crippen LogP contribution in [0.2, 0.25) is 0 Å². The molecular weight excluding hydrogens is 398 g/mol. The van der Waals surface area contributed by atoms with Crippen LogP contribution in [-0.4, -0.2) is 44.8 Å². The molecule has 0 unspecified atom stereocenters. The van der Waals surface area contributed by atoms with Crippen molar-refractivity contribution in [2.45, 2.75) is 4.90 Å². The number of hydrogen-bond acceptors (Lipinski definition) is 6. The van der Waals surface area contributed by atoms with Gasteiger partial charge in [0.15, 0.2) is 5.13 Å². The highest BCUT2D eigenvalue weighted by atomic mass is 32.2. The third-order valence-electron chi connectivity index (χ3n) is 3.90. The summed E-state index contributed by atoms with van der Waals surface area (Å²) in [6.07, 6.45) is 2.87. The molecule has 3 aromatic rings. The average molecular weight is 418 g/mol. The van der Waals surface area contributed by atoms with Crippen molar-refractivity contribution < 1.29 is 17.9 Å². The molecule has 0 aliphatic carbocycles. The SMILES string of the molecule is COc1ccc(/C=C/C(=O)Nc2nc3ccccc3s2)cc1S(=O)(=O)N(C)C. The van der Waals surface area contributed by atoms with Gasteiger partial charge in [0.25, 0.3) is 0 Å². The highest BCUT2D eigenvalue weighted by molar-refractivity contribution is 7.89. The molecule has 0 saturated carbocycles. The lowest BCUT2D eigenvalue weighted by molar-refractivity contribution is -0.111. The lowest BCUT2D eigenvalue weighted by atomic mass is 10.2. The maximum absolute atomic E-state index is 12.5. The van der Waals surface area contributed by atoms with Gasteiger partial charge < -0.3 is 4.74 Å². The monoisotopic (exact) mass is 417 g/mol. The molecule has 28 heavy (non-hydrogen) atoms. The van der Waals surface area contributed by atoms with Crippen LogP contribution in [0.4, 0.5) is 5.13 Å². The summed E-state index contributed by atoms with van der Waals surface area (Å²) in [5.41, 5.74) is 1.38. The molecule has 2 aromatic carbocycles. The number of carbonyl (C=O) groups is 1. The second-order valence-electron chi connectivity index (χ2n) is 6.01. The Kier molecular flexibility index (Phi) is 5.78. The Morgan fingerprint density at radius 1 is 1.21 bits per heavy atom. The molecule has 7 nitrogen and oxygen atoms in total. The van der Waals surface area contributed by atoms with E-state index in [0.29, 0.717) is 10.7 Å². The third-order valence-corrected chi connectivity index (χ3v) is 6.69. The predicted octanol–water partition coefficient (Wildman–Crippen LogP) is 3.21. The zero-order valence-electron chi connectivity index (χ0n) is 15.5. The summed E-state index contributed by atoms with van der Waals surface area (Å²) >= 11 is 1.38. The fourth-order valence-electron chi connectivity index (χ4n) is 2.44. The number of thiazole rings is 1. The molecule has 0 radical (unpaired) electrons. The number of benzene rings is 2. The Morgan fingerprint density at radius 3 is 2.64 bits per heavy atom. The first-order valence-corrected chi connectivity index (χ1v) is 10.5. The largest absolute Gasteiger partial charge is 0.495 e. The second-order valence-corrected chi connectivity index (χ2v) is 9.16. The van der Waals surface area contributed by atoms with Gasteiger partial charge in [0, 0.05) is 20.2 Å². The molecular formula is C19H19N3O4S2. The number of nitrogens with one attached hydrogen (secondary N) is 1. The first kappa shape index (κ1) is 20.0. The van der Waals surface area contributed by atoms with E-state index >= 15 is 0 Å². The number of methoxy groups -OCH3 is 1. The van der Waals surface area contributed by atoms with Gasteiger partial charge in [0.05, 0.1) is 17.3 Å². The number of nitrogens with zero attached hydrogens (tertiary/aromatic N) is 2. The lowest BCUT2D eigenvalue weighted by Gasteiger charge is -2.14. The number of aromatic nitrogens is 1. The van der Waals surface area contributed by atoms with E-state index in [1.807, 2.05) is 24.3 Å². The van der Waals surface area contributed by atoms with Gasteiger partial charge in [-0.1, -0.05) is 29.5 Å². The summed E-state index contributed by atoms with van der Waals surface area (Å²) in [7, 11) is 0.623. The van der Waals surface area contributed by atoms with E-state index in [4.69, 9.17) is 4.74 Å². The van der Waals surface area contributed by atoms with Crippen LogP contribution in [-0.2, 0) is 14.8 Å². The number of anilines is 1. The van der Waals surface area contributed by atoms with Gasteiger partial charge in [-0.25, -0.2) is 17.7 Å². The normalized spacial score (nSPS) is 12.0. The summed E-state index contributed by atoms with van der Waals surface area (Å²) in [6, 6.07) is 12.3. The smallest absolute Gasteiger partial charge is 0.250 e. The predicted molar refractivity (Wildman–Crippen MR) is 111 cm³/mol. The first-order chi connectivity index (χ1) is 13.3. The fraction of sp³-hybridized carbons (Fsp3) is 0.158. The first-order valence-electron chi connectivity index (χ1n) is 8.26. The van der Waals surface area contributed by atoms with Crippen molar-refractivity contribution in [3.8, 4) is 5.75 Å². The van der Waals surface area contributed by atoms with Gasteiger partial charge in [-0.15, -0.1) is 0 Å². The van der Waals surface area contributed by atoms with E-state index < -0.39 is 10.0 Å². The van der Waals surface area contributed by atoms with E-state index in [2.05, 4.69) is 10.3 Å². The molecule has 1 amide bonds. The van der Waals surface area contributed by atoms with Crippen molar-refractivity contribution in [1.82, 2.24) is 9.29 Å². The maximum atomic E-state index is 12.5. The summed E-state index contributed by atoms with van der Waals surface area (Å²) in [6.45, 7) is 0. The van der Waals surface area contributed by atoms with E-state index in [1.54, 1.807) is 12.1 Å². The van der Waals surface area contributed by atoms with Crippen molar-refractivity contribution >= 4 is 48.7 Å². The number of hydrogen-bond donors (Lipinski definition) is 1. The van der Waals surface area contributed by atoms with E-state index in [0.717, 1.165) is 14.5 Å². The molecule has 3 rings (SSSR count). The van der Waals surface area contributed by atoms with Crippen LogP contribution in [0.3, 0.4) is 0 Å². The minimum Gasteiger partial charge on any atom is -0.495 e. The molecule has 0 saturated heterocycles.